The largest absolute Gasteiger partial charge is 0.379 e. The molecule has 0 aromatic carbocycles. The van der Waals surface area contributed by atoms with E-state index in [0.717, 1.165) is 0 Å². The first-order valence-electron chi connectivity index (χ1n) is 20.3. The molecule has 0 spiro atoms. The Bertz CT molecular complexity index is 1170. The van der Waals surface area contributed by atoms with Crippen LogP contribution in [-0.2, 0) is 80.9 Å². The van der Waals surface area contributed by atoms with Crippen LogP contribution < -0.4 is 0 Å². The van der Waals surface area contributed by atoms with Gasteiger partial charge in [0.1, 0.15) is 0 Å². The molecule has 350 valence electrons. The summed E-state index contributed by atoms with van der Waals surface area (Å²) in [4.78, 5) is 59.5. The number of amides is 3. The maximum atomic E-state index is 13.0. The predicted molar refractivity (Wildman–Crippen MR) is 211 cm³/mol. The van der Waals surface area contributed by atoms with E-state index in [9.17, 15) is 19.2 Å². The van der Waals surface area contributed by atoms with Crippen molar-refractivity contribution in [2.24, 2.45) is 10.2 Å². The maximum Gasteiger partial charge on any atom is 0.335 e. The van der Waals surface area contributed by atoms with Crippen molar-refractivity contribution >= 4 is 23.7 Å². The summed E-state index contributed by atoms with van der Waals surface area (Å²) in [5.41, 5.74) is 16.4. The topological polar surface area (TPSA) is 292 Å². The summed E-state index contributed by atoms with van der Waals surface area (Å²) in [6.45, 7) is 9.26. The van der Waals surface area contributed by atoms with Crippen LogP contribution in [0.1, 0.15) is 25.7 Å². The molecule has 1 fully saturated rings. The first-order chi connectivity index (χ1) is 30.0. The van der Waals surface area contributed by atoms with Crippen molar-refractivity contribution in [1.29, 1.82) is 0 Å². The third-order valence-electron chi connectivity index (χ3n) is 7.62. The Labute approximate surface area is 355 Å². The minimum Gasteiger partial charge on any atom is -0.379 e. The number of azide groups is 2. The fourth-order valence-electron chi connectivity index (χ4n) is 4.57. The van der Waals surface area contributed by atoms with Crippen LogP contribution in [0, 0.1) is 0 Å². The standard InChI is InChI=1S/C36H64N8O17/c37-41-39-5-11-51-17-23-57-29-31-59-25-19-53-13-7-43(8-14-54-20-26-60-32-30-58-24-18-52-12-6-40-42-38)33(45)3-9-49-15-21-55-27-28-56-22-16-50-10-4-36(48)61-44-34(46)1-2-35(44)47/h1-32H2. The quantitative estimate of drug-likeness (QED) is 0.0271. The number of hydrogen-bond acceptors (Lipinski definition) is 19. The number of carbonyl (C=O) groups excluding carboxylic acids is 4. The van der Waals surface area contributed by atoms with E-state index in [4.69, 9.17) is 72.7 Å². The molecule has 0 aliphatic carbocycles. The average Bonchev–Trinajstić information content (AvgIpc) is 3.57. The Morgan fingerprint density at radius 1 is 0.459 bits per heavy atom. The summed E-state index contributed by atoms with van der Waals surface area (Å²) >= 11 is 0. The van der Waals surface area contributed by atoms with Crippen molar-refractivity contribution < 1.29 is 80.9 Å². The molecule has 0 radical (unpaired) electrons. The molecule has 0 saturated carbocycles. The first kappa shape index (κ1) is 55.2. The Hall–Kier alpha value is -3.78. The van der Waals surface area contributed by atoms with Gasteiger partial charge in [-0.15, -0.1) is 5.06 Å². The third-order valence-corrected chi connectivity index (χ3v) is 7.62. The van der Waals surface area contributed by atoms with E-state index in [1.54, 1.807) is 4.90 Å². The summed E-state index contributed by atoms with van der Waals surface area (Å²) in [5, 5.41) is 7.26. The Kier molecular flexibility index (Phi) is 38.8. The zero-order valence-corrected chi connectivity index (χ0v) is 35.1. The molecule has 0 unspecified atom stereocenters. The second kappa shape index (κ2) is 42.9. The summed E-state index contributed by atoms with van der Waals surface area (Å²) < 4.78 is 65.5. The van der Waals surface area contributed by atoms with E-state index in [1.165, 1.54) is 0 Å². The van der Waals surface area contributed by atoms with Crippen molar-refractivity contribution in [1.82, 2.24) is 9.96 Å². The van der Waals surface area contributed by atoms with Crippen LogP contribution in [0.15, 0.2) is 10.2 Å². The molecule has 0 N–H and O–H groups in total. The minimum absolute atomic E-state index is 0.0347. The number of hydrogen-bond donors (Lipinski definition) is 0. The average molecular weight is 881 g/mol. The molecular formula is C36H64N8O17. The highest BCUT2D eigenvalue weighted by molar-refractivity contribution is 6.01. The molecule has 61 heavy (non-hydrogen) atoms. The van der Waals surface area contributed by atoms with Gasteiger partial charge in [0.15, 0.2) is 0 Å². The Morgan fingerprint density at radius 3 is 1.10 bits per heavy atom. The van der Waals surface area contributed by atoms with Gasteiger partial charge in [0, 0.05) is 48.8 Å². The van der Waals surface area contributed by atoms with E-state index in [-0.39, 0.29) is 71.1 Å². The highest BCUT2D eigenvalue weighted by atomic mass is 16.7. The molecule has 1 rings (SSSR count). The van der Waals surface area contributed by atoms with Gasteiger partial charge in [-0.05, 0) is 11.1 Å². The fraction of sp³-hybridized carbons (Fsp3) is 0.889. The Morgan fingerprint density at radius 2 is 0.754 bits per heavy atom. The molecule has 25 heteroatoms. The summed E-state index contributed by atoms with van der Waals surface area (Å²) in [6.07, 6.45) is 0.125. The third kappa shape index (κ3) is 35.5. The minimum atomic E-state index is -0.728. The van der Waals surface area contributed by atoms with Crippen LogP contribution in [0.4, 0.5) is 0 Å². The summed E-state index contributed by atoms with van der Waals surface area (Å²) in [6, 6.07) is 0. The zero-order valence-electron chi connectivity index (χ0n) is 35.1. The highest BCUT2D eigenvalue weighted by Gasteiger charge is 2.32. The highest BCUT2D eigenvalue weighted by Crippen LogP contribution is 2.12. The number of nitrogens with zero attached hydrogens (tertiary/aromatic N) is 8. The number of ether oxygens (including phenoxy) is 12. The molecule has 1 aliphatic rings. The Balaban J connectivity index is 2.14. The van der Waals surface area contributed by atoms with Crippen molar-refractivity contribution in [2.45, 2.75) is 25.7 Å². The summed E-state index contributed by atoms with van der Waals surface area (Å²) in [7, 11) is 0. The van der Waals surface area contributed by atoms with Gasteiger partial charge in [-0.25, -0.2) is 4.79 Å². The lowest BCUT2D eigenvalue weighted by Gasteiger charge is -2.23. The predicted octanol–water partition coefficient (Wildman–Crippen LogP) is 1.02. The number of rotatable bonds is 46. The van der Waals surface area contributed by atoms with Crippen molar-refractivity contribution in [3.05, 3.63) is 20.9 Å². The fourth-order valence-corrected chi connectivity index (χ4v) is 4.57. The smallest absolute Gasteiger partial charge is 0.335 e. The van der Waals surface area contributed by atoms with Gasteiger partial charge in [-0.2, -0.15) is 0 Å². The molecule has 0 aromatic rings. The van der Waals surface area contributed by atoms with Gasteiger partial charge in [0.25, 0.3) is 11.8 Å². The molecule has 0 aromatic heterocycles. The van der Waals surface area contributed by atoms with E-state index in [2.05, 4.69) is 20.1 Å². The molecule has 1 heterocycles. The van der Waals surface area contributed by atoms with Crippen molar-refractivity contribution in [3.63, 3.8) is 0 Å². The number of hydroxylamine groups is 2. The second-order valence-electron chi connectivity index (χ2n) is 12.2. The van der Waals surface area contributed by atoms with Gasteiger partial charge >= 0.3 is 5.97 Å². The number of imide groups is 1. The first-order valence-corrected chi connectivity index (χ1v) is 20.3. The normalized spacial score (nSPS) is 12.4. The van der Waals surface area contributed by atoms with Crippen molar-refractivity contribution in [2.75, 3.05) is 185 Å². The van der Waals surface area contributed by atoms with Gasteiger partial charge in [-0.3, -0.25) is 14.4 Å². The van der Waals surface area contributed by atoms with Gasteiger partial charge in [0.2, 0.25) is 5.91 Å². The second-order valence-corrected chi connectivity index (χ2v) is 12.2. The van der Waals surface area contributed by atoms with E-state index < -0.39 is 17.8 Å². The summed E-state index contributed by atoms with van der Waals surface area (Å²) in [5.74, 6) is -1.90. The van der Waals surface area contributed by atoms with Crippen LogP contribution in [0.5, 0.6) is 0 Å². The lowest BCUT2D eigenvalue weighted by molar-refractivity contribution is -0.198. The molecule has 1 saturated heterocycles. The molecule has 0 bridgehead atoms. The van der Waals surface area contributed by atoms with Gasteiger partial charge < -0.3 is 66.6 Å². The maximum absolute atomic E-state index is 13.0. The van der Waals surface area contributed by atoms with Crippen LogP contribution in [0.2, 0.25) is 0 Å². The lowest BCUT2D eigenvalue weighted by atomic mass is 10.3. The van der Waals surface area contributed by atoms with Gasteiger partial charge in [-0.1, -0.05) is 10.2 Å². The van der Waals surface area contributed by atoms with E-state index >= 15 is 0 Å². The number of carbonyl (C=O) groups is 4. The van der Waals surface area contributed by atoms with Crippen LogP contribution >= 0.6 is 0 Å². The SMILES string of the molecule is [N-]=[N+]=NCCOCCOCCOCCOCCN(CCOCCOCCOCCOCCN=[N+]=[N-])C(=O)CCOCCOCCOCCOCCC(=O)ON1C(=O)CCC1=O. The lowest BCUT2D eigenvalue weighted by Crippen LogP contribution is -2.37. The van der Waals surface area contributed by atoms with Crippen LogP contribution in [-0.4, -0.2) is 218 Å². The molecule has 25 nitrogen and oxygen atoms in total. The molecular weight excluding hydrogens is 816 g/mol. The van der Waals surface area contributed by atoms with Crippen LogP contribution in [0.3, 0.4) is 0 Å². The molecule has 1 aliphatic heterocycles. The van der Waals surface area contributed by atoms with E-state index in [0.29, 0.717) is 150 Å². The monoisotopic (exact) mass is 880 g/mol. The zero-order chi connectivity index (χ0) is 44.1. The van der Waals surface area contributed by atoms with Crippen LogP contribution in [0.25, 0.3) is 20.9 Å². The van der Waals surface area contributed by atoms with Gasteiger partial charge in [0.05, 0.1) is 171 Å². The molecule has 0 atom stereocenters. The van der Waals surface area contributed by atoms with E-state index in [1.807, 2.05) is 0 Å². The van der Waals surface area contributed by atoms with Crippen molar-refractivity contribution in [3.8, 4) is 0 Å². The molecule has 3 amide bonds.